The molecule has 2 bridgehead atoms. The molecular weight excluding hydrogens is 257 g/mol. The van der Waals surface area contributed by atoms with E-state index in [0.717, 1.165) is 19.4 Å². The highest BCUT2D eigenvalue weighted by molar-refractivity contribution is 5.97. The largest absolute Gasteiger partial charge is 0.339 e. The SMILES string of the molecule is O=C(CCC(=O)N1C[C@H]2CC[C@H]1C2)c1ccc(F)cc1. The summed E-state index contributed by atoms with van der Waals surface area (Å²) in [6.07, 6.45) is 3.96. The Balaban J connectivity index is 1.53. The lowest BCUT2D eigenvalue weighted by Crippen LogP contribution is -2.37. The molecule has 0 spiro atoms. The Morgan fingerprint density at radius 1 is 1.15 bits per heavy atom. The lowest BCUT2D eigenvalue weighted by Gasteiger charge is -2.26. The second kappa shape index (κ2) is 5.35. The number of piperidine rings is 1. The maximum Gasteiger partial charge on any atom is 0.223 e. The van der Waals surface area contributed by atoms with Crippen LogP contribution in [-0.4, -0.2) is 29.2 Å². The molecule has 1 aliphatic carbocycles. The molecule has 106 valence electrons. The highest BCUT2D eigenvalue weighted by atomic mass is 19.1. The Bertz CT molecular complexity index is 526. The summed E-state index contributed by atoms with van der Waals surface area (Å²) < 4.78 is 12.8. The molecule has 1 aliphatic heterocycles. The number of amides is 1. The number of nitrogens with zero attached hydrogens (tertiary/aromatic N) is 1. The summed E-state index contributed by atoms with van der Waals surface area (Å²) >= 11 is 0. The van der Waals surface area contributed by atoms with E-state index in [1.54, 1.807) is 0 Å². The maximum absolute atomic E-state index is 12.8. The van der Waals surface area contributed by atoms with E-state index < -0.39 is 0 Å². The normalized spacial score (nSPS) is 24.1. The van der Waals surface area contributed by atoms with Gasteiger partial charge in [0.05, 0.1) is 0 Å². The maximum atomic E-state index is 12.8. The molecule has 4 heteroatoms. The number of hydrogen-bond donors (Lipinski definition) is 0. The van der Waals surface area contributed by atoms with Gasteiger partial charge < -0.3 is 4.90 Å². The van der Waals surface area contributed by atoms with Crippen molar-refractivity contribution in [1.82, 2.24) is 4.90 Å². The van der Waals surface area contributed by atoms with Crippen LogP contribution in [0.3, 0.4) is 0 Å². The zero-order chi connectivity index (χ0) is 14.1. The highest BCUT2D eigenvalue weighted by Crippen LogP contribution is 2.37. The molecule has 2 aliphatic rings. The summed E-state index contributed by atoms with van der Waals surface area (Å²) in [5.41, 5.74) is 0.474. The van der Waals surface area contributed by atoms with Crippen LogP contribution in [0.25, 0.3) is 0 Å². The van der Waals surface area contributed by atoms with Crippen molar-refractivity contribution in [3.05, 3.63) is 35.6 Å². The van der Waals surface area contributed by atoms with Crippen LogP contribution in [0, 0.1) is 11.7 Å². The van der Waals surface area contributed by atoms with E-state index in [9.17, 15) is 14.0 Å². The minimum Gasteiger partial charge on any atom is -0.339 e. The number of benzene rings is 1. The van der Waals surface area contributed by atoms with Gasteiger partial charge in [-0.1, -0.05) is 0 Å². The lowest BCUT2D eigenvalue weighted by atomic mass is 10.1. The smallest absolute Gasteiger partial charge is 0.223 e. The van der Waals surface area contributed by atoms with Crippen molar-refractivity contribution in [3.63, 3.8) is 0 Å². The van der Waals surface area contributed by atoms with Crippen LogP contribution in [0.2, 0.25) is 0 Å². The van der Waals surface area contributed by atoms with Crippen LogP contribution in [0.15, 0.2) is 24.3 Å². The standard InChI is InChI=1S/C16H18FNO2/c17-13-4-2-12(3-5-13)15(19)7-8-16(20)18-10-11-1-6-14(18)9-11/h2-5,11,14H,1,6-10H2/t11-,14-/m0/s1. The average Bonchev–Trinajstić information content (AvgIpc) is 3.08. The molecule has 1 heterocycles. The van der Waals surface area contributed by atoms with Gasteiger partial charge in [0.25, 0.3) is 0 Å². The Kier molecular flexibility index (Phi) is 3.55. The summed E-state index contributed by atoms with van der Waals surface area (Å²) in [4.78, 5) is 26.0. The molecule has 1 saturated heterocycles. The molecule has 2 atom stereocenters. The molecular formula is C16H18FNO2. The Morgan fingerprint density at radius 2 is 1.90 bits per heavy atom. The summed E-state index contributed by atoms with van der Waals surface area (Å²) in [6.45, 7) is 0.869. The first kappa shape index (κ1) is 13.3. The number of Topliss-reactive ketones (excluding diaryl/α,β-unsaturated/α-hetero) is 1. The molecule has 3 nitrogen and oxygen atoms in total. The van der Waals surface area contributed by atoms with Gasteiger partial charge in [0, 0.05) is 31.0 Å². The zero-order valence-corrected chi connectivity index (χ0v) is 11.3. The van der Waals surface area contributed by atoms with Crippen molar-refractivity contribution in [2.24, 2.45) is 5.92 Å². The Labute approximate surface area is 117 Å². The summed E-state index contributed by atoms with van der Waals surface area (Å²) in [5, 5.41) is 0. The van der Waals surface area contributed by atoms with Gasteiger partial charge in [-0.25, -0.2) is 4.39 Å². The Hall–Kier alpha value is -1.71. The quantitative estimate of drug-likeness (QED) is 0.792. The molecule has 0 unspecified atom stereocenters. The van der Waals surface area contributed by atoms with Gasteiger partial charge in [-0.15, -0.1) is 0 Å². The monoisotopic (exact) mass is 275 g/mol. The fourth-order valence-corrected chi connectivity index (χ4v) is 3.37. The van der Waals surface area contributed by atoms with Crippen LogP contribution in [0.5, 0.6) is 0 Å². The lowest BCUT2D eigenvalue weighted by molar-refractivity contribution is -0.132. The molecule has 1 aromatic rings. The van der Waals surface area contributed by atoms with Gasteiger partial charge in [-0.2, -0.15) is 0 Å². The summed E-state index contributed by atoms with van der Waals surface area (Å²) in [7, 11) is 0. The van der Waals surface area contributed by atoms with Crippen LogP contribution < -0.4 is 0 Å². The molecule has 0 radical (unpaired) electrons. The minimum atomic E-state index is -0.356. The van der Waals surface area contributed by atoms with Crippen molar-refractivity contribution >= 4 is 11.7 Å². The second-order valence-corrected chi connectivity index (χ2v) is 5.81. The van der Waals surface area contributed by atoms with Crippen molar-refractivity contribution in [2.45, 2.75) is 38.1 Å². The van der Waals surface area contributed by atoms with Crippen LogP contribution in [-0.2, 0) is 4.79 Å². The molecule has 20 heavy (non-hydrogen) atoms. The van der Waals surface area contributed by atoms with E-state index in [1.807, 2.05) is 4.90 Å². The third-order valence-corrected chi connectivity index (χ3v) is 4.46. The van der Waals surface area contributed by atoms with Gasteiger partial charge in [0.15, 0.2) is 5.78 Å². The number of carbonyl (C=O) groups excluding carboxylic acids is 2. The molecule has 2 fully saturated rings. The average molecular weight is 275 g/mol. The third-order valence-electron chi connectivity index (χ3n) is 4.46. The van der Waals surface area contributed by atoms with E-state index in [-0.39, 0.29) is 30.3 Å². The molecule has 0 aromatic heterocycles. The molecule has 3 rings (SSSR count). The first-order valence-corrected chi connectivity index (χ1v) is 7.21. The first-order chi connectivity index (χ1) is 9.63. The predicted molar refractivity (Wildman–Crippen MR) is 72.8 cm³/mol. The molecule has 0 N–H and O–H groups in total. The fraction of sp³-hybridized carbons (Fsp3) is 0.500. The second-order valence-electron chi connectivity index (χ2n) is 5.81. The number of halogens is 1. The molecule has 1 saturated carbocycles. The number of fused-ring (bicyclic) bond motifs is 2. The number of likely N-dealkylation sites (tertiary alicyclic amines) is 1. The molecule has 1 amide bonds. The number of hydrogen-bond acceptors (Lipinski definition) is 2. The highest BCUT2D eigenvalue weighted by Gasteiger charge is 2.39. The number of ketones is 1. The van der Waals surface area contributed by atoms with Gasteiger partial charge >= 0.3 is 0 Å². The van der Waals surface area contributed by atoms with E-state index in [4.69, 9.17) is 0 Å². The van der Waals surface area contributed by atoms with Gasteiger partial charge in [-0.3, -0.25) is 9.59 Å². The summed E-state index contributed by atoms with van der Waals surface area (Å²) in [6, 6.07) is 5.90. The summed E-state index contributed by atoms with van der Waals surface area (Å²) in [5.74, 6) is 0.317. The first-order valence-electron chi connectivity index (χ1n) is 7.21. The van der Waals surface area contributed by atoms with E-state index in [0.29, 0.717) is 17.5 Å². The van der Waals surface area contributed by atoms with Crippen LogP contribution in [0.4, 0.5) is 4.39 Å². The van der Waals surface area contributed by atoms with Gasteiger partial charge in [-0.05, 0) is 49.4 Å². The van der Waals surface area contributed by atoms with Gasteiger partial charge in [0.1, 0.15) is 5.82 Å². The van der Waals surface area contributed by atoms with Gasteiger partial charge in [0.2, 0.25) is 5.91 Å². The van der Waals surface area contributed by atoms with Crippen molar-refractivity contribution < 1.29 is 14.0 Å². The Morgan fingerprint density at radius 3 is 2.50 bits per heavy atom. The van der Waals surface area contributed by atoms with E-state index in [1.165, 1.54) is 30.7 Å². The van der Waals surface area contributed by atoms with Crippen molar-refractivity contribution in [3.8, 4) is 0 Å². The topological polar surface area (TPSA) is 37.4 Å². The fourth-order valence-electron chi connectivity index (χ4n) is 3.37. The minimum absolute atomic E-state index is 0.0904. The number of carbonyl (C=O) groups is 2. The van der Waals surface area contributed by atoms with Crippen molar-refractivity contribution in [2.75, 3.05) is 6.54 Å². The van der Waals surface area contributed by atoms with Crippen LogP contribution >= 0.6 is 0 Å². The van der Waals surface area contributed by atoms with E-state index in [2.05, 4.69) is 0 Å². The predicted octanol–water partition coefficient (Wildman–Crippen LogP) is 2.80. The van der Waals surface area contributed by atoms with Crippen molar-refractivity contribution in [1.29, 1.82) is 0 Å². The van der Waals surface area contributed by atoms with E-state index >= 15 is 0 Å². The third kappa shape index (κ3) is 2.60. The van der Waals surface area contributed by atoms with Crippen LogP contribution in [0.1, 0.15) is 42.5 Å². The molecule has 1 aromatic carbocycles. The zero-order valence-electron chi connectivity index (χ0n) is 11.3. The number of rotatable bonds is 4.